The molecule has 1 aromatic rings. The molecule has 3 rings (SSSR count). The van der Waals surface area contributed by atoms with Crippen LogP contribution in [-0.2, 0) is 16.0 Å². The third kappa shape index (κ3) is 4.66. The summed E-state index contributed by atoms with van der Waals surface area (Å²) in [5.41, 5.74) is 2.75. The summed E-state index contributed by atoms with van der Waals surface area (Å²) in [4.78, 5) is 38.5. The van der Waals surface area contributed by atoms with Crippen LogP contribution >= 0.6 is 0 Å². The maximum Gasteiger partial charge on any atom is 0.325 e. The molecule has 4 amide bonds. The van der Waals surface area contributed by atoms with E-state index in [9.17, 15) is 14.4 Å². The highest BCUT2D eigenvalue weighted by Crippen LogP contribution is 2.32. The van der Waals surface area contributed by atoms with Gasteiger partial charge in [0.05, 0.1) is 12.5 Å². The van der Waals surface area contributed by atoms with E-state index < -0.39 is 24.0 Å². The number of amides is 4. The molecule has 3 N–H and O–H groups in total. The van der Waals surface area contributed by atoms with Gasteiger partial charge in [0, 0.05) is 0 Å². The molecule has 1 heterocycles. The van der Waals surface area contributed by atoms with Crippen LogP contribution in [0.2, 0.25) is 0 Å². The lowest BCUT2D eigenvalue weighted by molar-refractivity contribution is -0.134. The van der Waals surface area contributed by atoms with Crippen molar-refractivity contribution in [2.24, 2.45) is 5.92 Å². The molecule has 1 aliphatic heterocycles. The molecular formula is C20H27N3O4. The number of nitrogens with one attached hydrogen (secondary N) is 2. The van der Waals surface area contributed by atoms with Crippen molar-refractivity contribution in [1.82, 2.24) is 15.7 Å². The van der Waals surface area contributed by atoms with Gasteiger partial charge in [-0.2, -0.15) is 0 Å². The van der Waals surface area contributed by atoms with Gasteiger partial charge in [-0.05, 0) is 37.2 Å². The Labute approximate surface area is 159 Å². The molecule has 2 atom stereocenters. The molecule has 0 spiro atoms. The molecule has 2 unspecified atom stereocenters. The van der Waals surface area contributed by atoms with Gasteiger partial charge < -0.3 is 5.32 Å². The molecule has 1 saturated carbocycles. The first kappa shape index (κ1) is 19.4. The Hall–Kier alpha value is -2.41. The molecule has 0 radical (unpaired) electrons. The van der Waals surface area contributed by atoms with E-state index in [4.69, 9.17) is 5.21 Å². The van der Waals surface area contributed by atoms with E-state index >= 15 is 0 Å². The van der Waals surface area contributed by atoms with E-state index in [2.05, 4.69) is 5.32 Å². The third-order valence-electron chi connectivity index (χ3n) is 5.66. The molecule has 7 heteroatoms. The third-order valence-corrected chi connectivity index (χ3v) is 5.66. The first-order chi connectivity index (χ1) is 13.1. The second-order valence-electron chi connectivity index (χ2n) is 7.44. The smallest absolute Gasteiger partial charge is 0.325 e. The van der Waals surface area contributed by atoms with Gasteiger partial charge in [0.1, 0.15) is 6.04 Å². The van der Waals surface area contributed by atoms with Gasteiger partial charge >= 0.3 is 6.03 Å². The van der Waals surface area contributed by atoms with Gasteiger partial charge in [-0.3, -0.25) is 19.7 Å². The zero-order chi connectivity index (χ0) is 19.2. The largest absolute Gasteiger partial charge is 0.326 e. The van der Waals surface area contributed by atoms with Crippen molar-refractivity contribution in [3.63, 3.8) is 0 Å². The van der Waals surface area contributed by atoms with Crippen LogP contribution in [0.3, 0.4) is 0 Å². The van der Waals surface area contributed by atoms with Crippen LogP contribution in [0, 0.1) is 5.92 Å². The van der Waals surface area contributed by atoms with E-state index in [1.54, 1.807) is 5.48 Å². The zero-order valence-corrected chi connectivity index (χ0v) is 15.4. The first-order valence-electron chi connectivity index (χ1n) is 9.70. The van der Waals surface area contributed by atoms with Crippen LogP contribution in [0.4, 0.5) is 4.79 Å². The summed E-state index contributed by atoms with van der Waals surface area (Å²) >= 11 is 0. The van der Waals surface area contributed by atoms with Crippen LogP contribution in [0.5, 0.6) is 0 Å². The van der Waals surface area contributed by atoms with Gasteiger partial charge in [-0.25, -0.2) is 10.3 Å². The standard InChI is InChI=1S/C20H27N3O4/c24-18(22-27)13-17(15-9-5-2-6-10-15)23-19(25)16(21-20(23)26)12-11-14-7-3-1-4-8-14/h1,3-4,7-8,15-17,27H,2,5-6,9-13H2,(H,21,26)(H,22,24). The van der Waals surface area contributed by atoms with Gasteiger partial charge in [-0.15, -0.1) is 0 Å². The number of rotatable bonds is 7. The highest BCUT2D eigenvalue weighted by molar-refractivity contribution is 6.04. The van der Waals surface area contributed by atoms with Crippen molar-refractivity contribution in [3.8, 4) is 0 Å². The number of aryl methyl sites for hydroxylation is 1. The molecule has 0 aromatic heterocycles. The second kappa shape index (κ2) is 8.99. The van der Waals surface area contributed by atoms with Gasteiger partial charge in [0.15, 0.2) is 0 Å². The first-order valence-corrected chi connectivity index (χ1v) is 9.70. The van der Waals surface area contributed by atoms with Crippen molar-refractivity contribution in [1.29, 1.82) is 0 Å². The molecule has 0 bridgehead atoms. The Kier molecular flexibility index (Phi) is 6.45. The number of carbonyl (C=O) groups is 3. The molecule has 27 heavy (non-hydrogen) atoms. The predicted octanol–water partition coefficient (Wildman–Crippen LogP) is 2.38. The fourth-order valence-corrected chi connectivity index (χ4v) is 4.24. The fraction of sp³-hybridized carbons (Fsp3) is 0.550. The number of nitrogens with zero attached hydrogens (tertiary/aromatic N) is 1. The normalized spacial score (nSPS) is 21.8. The second-order valence-corrected chi connectivity index (χ2v) is 7.44. The zero-order valence-electron chi connectivity index (χ0n) is 15.4. The molecule has 146 valence electrons. The Morgan fingerprint density at radius 1 is 1.19 bits per heavy atom. The average Bonchev–Trinajstić information content (AvgIpc) is 2.99. The quantitative estimate of drug-likeness (QED) is 0.388. The summed E-state index contributed by atoms with van der Waals surface area (Å²) in [5, 5.41) is 11.7. The summed E-state index contributed by atoms with van der Waals surface area (Å²) in [7, 11) is 0. The number of imide groups is 1. The molecule has 2 aliphatic rings. The van der Waals surface area contributed by atoms with E-state index in [1.165, 1.54) is 4.90 Å². The van der Waals surface area contributed by atoms with Crippen molar-refractivity contribution >= 4 is 17.8 Å². The van der Waals surface area contributed by atoms with E-state index in [-0.39, 0.29) is 18.2 Å². The lowest BCUT2D eigenvalue weighted by atomic mass is 9.81. The van der Waals surface area contributed by atoms with Crippen LogP contribution in [0.25, 0.3) is 0 Å². The fourth-order valence-electron chi connectivity index (χ4n) is 4.24. The molecular weight excluding hydrogens is 346 g/mol. The number of hydrogen-bond donors (Lipinski definition) is 3. The van der Waals surface area contributed by atoms with Crippen molar-refractivity contribution in [3.05, 3.63) is 35.9 Å². The maximum atomic E-state index is 12.9. The summed E-state index contributed by atoms with van der Waals surface area (Å²) < 4.78 is 0. The molecule has 1 saturated heterocycles. The van der Waals surface area contributed by atoms with Crippen molar-refractivity contribution in [2.45, 2.75) is 63.5 Å². The number of benzene rings is 1. The highest BCUT2D eigenvalue weighted by Gasteiger charge is 2.44. The Bertz CT molecular complexity index is 673. The van der Waals surface area contributed by atoms with Gasteiger partial charge in [-0.1, -0.05) is 49.6 Å². The Morgan fingerprint density at radius 2 is 1.89 bits per heavy atom. The van der Waals surface area contributed by atoms with Crippen LogP contribution in [0.1, 0.15) is 50.5 Å². The monoisotopic (exact) mass is 373 g/mol. The summed E-state index contributed by atoms with van der Waals surface area (Å²) in [6.07, 6.45) is 6.11. The minimum absolute atomic E-state index is 0.0638. The average molecular weight is 373 g/mol. The summed E-state index contributed by atoms with van der Waals surface area (Å²) in [5.74, 6) is -0.741. The van der Waals surface area contributed by atoms with E-state index in [0.29, 0.717) is 12.8 Å². The molecule has 1 aliphatic carbocycles. The number of hydroxylamine groups is 1. The molecule has 7 nitrogen and oxygen atoms in total. The lowest BCUT2D eigenvalue weighted by Crippen LogP contribution is -2.48. The van der Waals surface area contributed by atoms with E-state index in [0.717, 1.165) is 37.7 Å². The molecule has 1 aromatic carbocycles. The minimum atomic E-state index is -0.570. The maximum absolute atomic E-state index is 12.9. The van der Waals surface area contributed by atoms with Crippen molar-refractivity contribution < 1.29 is 19.6 Å². The topological polar surface area (TPSA) is 98.7 Å². The number of carbonyl (C=O) groups excluding carboxylic acids is 3. The minimum Gasteiger partial charge on any atom is -0.326 e. The van der Waals surface area contributed by atoms with Crippen LogP contribution in [0.15, 0.2) is 30.3 Å². The van der Waals surface area contributed by atoms with E-state index in [1.807, 2.05) is 30.3 Å². The predicted molar refractivity (Wildman–Crippen MR) is 98.8 cm³/mol. The van der Waals surface area contributed by atoms with Gasteiger partial charge in [0.2, 0.25) is 5.91 Å². The van der Waals surface area contributed by atoms with Crippen LogP contribution in [-0.4, -0.2) is 40.0 Å². The molecule has 2 fully saturated rings. The Balaban J connectivity index is 1.70. The highest BCUT2D eigenvalue weighted by atomic mass is 16.5. The lowest BCUT2D eigenvalue weighted by Gasteiger charge is -2.34. The Morgan fingerprint density at radius 3 is 2.56 bits per heavy atom. The van der Waals surface area contributed by atoms with Crippen molar-refractivity contribution in [2.75, 3.05) is 0 Å². The van der Waals surface area contributed by atoms with Gasteiger partial charge in [0.25, 0.3) is 5.91 Å². The summed E-state index contributed by atoms with van der Waals surface area (Å²) in [6, 6.07) is 8.32. The number of urea groups is 1. The SMILES string of the molecule is O=C(CC(C1CCCCC1)N1C(=O)NC(CCc2ccccc2)C1=O)NO. The number of hydrogen-bond acceptors (Lipinski definition) is 4. The summed E-state index contributed by atoms with van der Waals surface area (Å²) in [6.45, 7) is 0. The van der Waals surface area contributed by atoms with Crippen LogP contribution < -0.4 is 10.8 Å².